The van der Waals surface area contributed by atoms with Crippen molar-refractivity contribution in [2.45, 2.75) is 76.4 Å². The highest BCUT2D eigenvalue weighted by molar-refractivity contribution is 7.92. The molecule has 0 aliphatic heterocycles. The molecule has 0 radical (unpaired) electrons. The second kappa shape index (κ2) is 13.3. The quantitative estimate of drug-likeness (QED) is 0.325. The first-order valence-electron chi connectivity index (χ1n) is 14.1. The van der Waals surface area contributed by atoms with Crippen LogP contribution in [0.1, 0.15) is 55.7 Å². The van der Waals surface area contributed by atoms with E-state index in [0.717, 1.165) is 58.8 Å². The van der Waals surface area contributed by atoms with Gasteiger partial charge in [0.2, 0.25) is 11.8 Å². The molecule has 1 unspecified atom stereocenters. The van der Waals surface area contributed by atoms with Gasteiger partial charge in [0.15, 0.2) is 0 Å². The summed E-state index contributed by atoms with van der Waals surface area (Å²) in [7, 11) is -4.24. The van der Waals surface area contributed by atoms with Crippen molar-refractivity contribution in [1.29, 1.82) is 0 Å². The van der Waals surface area contributed by atoms with Gasteiger partial charge in [0, 0.05) is 12.6 Å². The van der Waals surface area contributed by atoms with Gasteiger partial charge in [-0.1, -0.05) is 67.3 Å². The average molecular weight is 580 g/mol. The van der Waals surface area contributed by atoms with Crippen molar-refractivity contribution >= 4 is 27.5 Å². The van der Waals surface area contributed by atoms with Crippen LogP contribution in [0.5, 0.6) is 0 Å². The summed E-state index contributed by atoms with van der Waals surface area (Å²) in [5, 5.41) is 3.11. The molecule has 4 rings (SSSR count). The Morgan fingerprint density at radius 3 is 2.22 bits per heavy atom. The number of anilines is 1. The molecule has 1 saturated carbocycles. The van der Waals surface area contributed by atoms with Gasteiger partial charge in [0.05, 0.1) is 10.6 Å². The molecule has 0 aromatic heterocycles. The third-order valence-electron chi connectivity index (χ3n) is 7.53. The van der Waals surface area contributed by atoms with Gasteiger partial charge in [0.25, 0.3) is 10.0 Å². The number of carbonyl (C=O) groups excluding carboxylic acids is 2. The van der Waals surface area contributed by atoms with E-state index in [1.165, 1.54) is 17.0 Å². The summed E-state index contributed by atoms with van der Waals surface area (Å²) in [6.07, 6.45) is 4.29. The fourth-order valence-electron chi connectivity index (χ4n) is 5.27. The van der Waals surface area contributed by atoms with Gasteiger partial charge < -0.3 is 10.2 Å². The minimum absolute atomic E-state index is 0.0791. The van der Waals surface area contributed by atoms with E-state index < -0.39 is 34.3 Å². The van der Waals surface area contributed by atoms with Gasteiger partial charge in [-0.15, -0.1) is 0 Å². The van der Waals surface area contributed by atoms with Crippen LogP contribution in [0, 0.1) is 19.7 Å². The van der Waals surface area contributed by atoms with E-state index in [1.54, 1.807) is 24.3 Å². The first-order chi connectivity index (χ1) is 19.6. The molecule has 2 amide bonds. The maximum Gasteiger partial charge on any atom is 0.264 e. The van der Waals surface area contributed by atoms with E-state index in [4.69, 9.17) is 0 Å². The molecule has 218 valence electrons. The molecule has 1 fully saturated rings. The van der Waals surface area contributed by atoms with Crippen LogP contribution in [0.2, 0.25) is 0 Å². The van der Waals surface area contributed by atoms with Crippen molar-refractivity contribution < 1.29 is 22.4 Å². The van der Waals surface area contributed by atoms with E-state index in [9.17, 15) is 22.4 Å². The molecule has 3 aromatic carbocycles. The molecule has 7 nitrogen and oxygen atoms in total. The molecular weight excluding hydrogens is 541 g/mol. The van der Waals surface area contributed by atoms with E-state index in [2.05, 4.69) is 5.32 Å². The molecule has 0 saturated heterocycles. The van der Waals surface area contributed by atoms with Crippen LogP contribution in [0.25, 0.3) is 0 Å². The highest BCUT2D eigenvalue weighted by Gasteiger charge is 2.34. The zero-order valence-corrected chi connectivity index (χ0v) is 24.7. The number of carbonyl (C=O) groups is 2. The van der Waals surface area contributed by atoms with Crippen LogP contribution < -0.4 is 9.62 Å². The van der Waals surface area contributed by atoms with Gasteiger partial charge in [-0.05, 0) is 75.1 Å². The number of amides is 2. The lowest BCUT2D eigenvalue weighted by Crippen LogP contribution is -2.53. The molecular formula is C32H38FN3O4S. The van der Waals surface area contributed by atoms with Crippen molar-refractivity contribution in [2.24, 2.45) is 0 Å². The Bertz CT molecular complexity index is 1450. The lowest BCUT2D eigenvalue weighted by Gasteiger charge is -2.34. The topological polar surface area (TPSA) is 86.8 Å². The zero-order chi connectivity index (χ0) is 29.6. The Hall–Kier alpha value is -3.72. The monoisotopic (exact) mass is 579 g/mol. The third kappa shape index (κ3) is 7.52. The summed E-state index contributed by atoms with van der Waals surface area (Å²) in [6, 6.07) is 18.3. The standard InChI is InChI=1S/C32H38FN3O4S/c1-4-30(32(38)34-27-10-5-6-11-27)35(21-25-9-7-8-24(3)20-25)31(37)22-36(28-16-12-23(2)13-17-28)41(39,40)29-18-14-26(33)15-19-29/h7-9,12-20,27,30H,4-6,10-11,21-22H2,1-3H3,(H,34,38). The lowest BCUT2D eigenvalue weighted by molar-refractivity contribution is -0.140. The third-order valence-corrected chi connectivity index (χ3v) is 9.31. The van der Waals surface area contributed by atoms with Crippen molar-refractivity contribution in [3.63, 3.8) is 0 Å². The minimum atomic E-state index is -4.24. The summed E-state index contributed by atoms with van der Waals surface area (Å²) in [6.45, 7) is 5.31. The lowest BCUT2D eigenvalue weighted by atomic mass is 10.1. The number of nitrogens with zero attached hydrogens (tertiary/aromatic N) is 2. The van der Waals surface area contributed by atoms with Crippen LogP contribution in [0.4, 0.5) is 10.1 Å². The van der Waals surface area contributed by atoms with Gasteiger partial charge in [-0.3, -0.25) is 13.9 Å². The largest absolute Gasteiger partial charge is 0.352 e. The summed E-state index contributed by atoms with van der Waals surface area (Å²) < 4.78 is 42.4. The SMILES string of the molecule is CCC(C(=O)NC1CCCC1)N(Cc1cccc(C)c1)C(=O)CN(c1ccc(C)cc1)S(=O)(=O)c1ccc(F)cc1. The zero-order valence-electron chi connectivity index (χ0n) is 23.8. The summed E-state index contributed by atoms with van der Waals surface area (Å²) in [4.78, 5) is 29.0. The number of halogens is 1. The molecule has 0 heterocycles. The molecule has 1 aliphatic rings. The second-order valence-electron chi connectivity index (χ2n) is 10.7. The summed E-state index contributed by atoms with van der Waals surface area (Å²) in [5.41, 5.74) is 3.08. The maximum atomic E-state index is 14.1. The summed E-state index contributed by atoms with van der Waals surface area (Å²) in [5.74, 6) is -1.31. The Kier molecular flexibility index (Phi) is 9.81. The van der Waals surface area contributed by atoms with Crippen molar-refractivity contribution in [3.05, 3.63) is 95.3 Å². The number of nitrogens with one attached hydrogen (secondary N) is 1. The van der Waals surface area contributed by atoms with Crippen LogP contribution in [0.15, 0.2) is 77.7 Å². The Morgan fingerprint density at radius 1 is 0.951 bits per heavy atom. The maximum absolute atomic E-state index is 14.1. The molecule has 0 spiro atoms. The van der Waals surface area contributed by atoms with Gasteiger partial charge >= 0.3 is 0 Å². The van der Waals surface area contributed by atoms with Crippen molar-refractivity contribution in [1.82, 2.24) is 10.2 Å². The fourth-order valence-corrected chi connectivity index (χ4v) is 6.68. The number of hydrogen-bond donors (Lipinski definition) is 1. The summed E-state index contributed by atoms with van der Waals surface area (Å²) >= 11 is 0. The van der Waals surface area contributed by atoms with E-state index in [0.29, 0.717) is 12.1 Å². The molecule has 3 aromatic rings. The van der Waals surface area contributed by atoms with E-state index in [1.807, 2.05) is 45.0 Å². The van der Waals surface area contributed by atoms with Gasteiger partial charge in [-0.2, -0.15) is 0 Å². The molecule has 9 heteroatoms. The molecule has 0 bridgehead atoms. The number of rotatable bonds is 11. The van der Waals surface area contributed by atoms with E-state index in [-0.39, 0.29) is 23.4 Å². The second-order valence-corrected chi connectivity index (χ2v) is 12.6. The molecule has 1 N–H and O–H groups in total. The van der Waals surface area contributed by atoms with E-state index >= 15 is 0 Å². The molecule has 41 heavy (non-hydrogen) atoms. The fraction of sp³-hybridized carbons (Fsp3) is 0.375. The first kappa shape index (κ1) is 30.2. The predicted molar refractivity (Wildman–Crippen MR) is 158 cm³/mol. The Balaban J connectivity index is 1.71. The number of aryl methyl sites for hydroxylation is 2. The van der Waals surface area contributed by atoms with Gasteiger partial charge in [-0.25, -0.2) is 12.8 Å². The average Bonchev–Trinajstić information content (AvgIpc) is 3.45. The van der Waals surface area contributed by atoms with Crippen LogP contribution >= 0.6 is 0 Å². The Morgan fingerprint density at radius 2 is 1.61 bits per heavy atom. The smallest absolute Gasteiger partial charge is 0.264 e. The van der Waals surface area contributed by atoms with Crippen molar-refractivity contribution in [3.8, 4) is 0 Å². The Labute approximate surface area is 242 Å². The number of sulfonamides is 1. The number of benzene rings is 3. The predicted octanol–water partition coefficient (Wildman–Crippen LogP) is 5.50. The highest BCUT2D eigenvalue weighted by Crippen LogP contribution is 2.26. The number of hydrogen-bond acceptors (Lipinski definition) is 4. The van der Waals surface area contributed by atoms with Crippen molar-refractivity contribution in [2.75, 3.05) is 10.8 Å². The highest BCUT2D eigenvalue weighted by atomic mass is 32.2. The molecule has 1 aliphatic carbocycles. The normalized spacial score (nSPS) is 14.4. The van der Waals surface area contributed by atoms with Gasteiger partial charge in [0.1, 0.15) is 18.4 Å². The van der Waals surface area contributed by atoms with Crippen LogP contribution in [-0.4, -0.2) is 43.8 Å². The minimum Gasteiger partial charge on any atom is -0.352 e. The molecule has 1 atom stereocenters. The van der Waals surface area contributed by atoms with Crippen LogP contribution in [-0.2, 0) is 26.2 Å². The van der Waals surface area contributed by atoms with Crippen LogP contribution in [0.3, 0.4) is 0 Å². The first-order valence-corrected chi connectivity index (χ1v) is 15.5.